The summed E-state index contributed by atoms with van der Waals surface area (Å²) in [6.07, 6.45) is 4.01. The first kappa shape index (κ1) is 14.8. The molecule has 2 heterocycles. The molecule has 1 N–H and O–H groups in total. The predicted octanol–water partition coefficient (Wildman–Crippen LogP) is 1.90. The van der Waals surface area contributed by atoms with Crippen molar-refractivity contribution in [3.63, 3.8) is 0 Å². The van der Waals surface area contributed by atoms with Crippen LogP contribution in [0.1, 0.15) is 5.76 Å². The van der Waals surface area contributed by atoms with Gasteiger partial charge in [-0.2, -0.15) is 5.10 Å². The third kappa shape index (κ3) is 3.71. The van der Waals surface area contributed by atoms with Gasteiger partial charge in [0.1, 0.15) is 10.2 Å². The number of ether oxygens (including phenoxy) is 1. The summed E-state index contributed by atoms with van der Waals surface area (Å²) >= 11 is 3.30. The van der Waals surface area contributed by atoms with E-state index in [2.05, 4.69) is 26.3 Å². The van der Waals surface area contributed by atoms with Crippen molar-refractivity contribution in [2.75, 3.05) is 25.6 Å². The lowest BCUT2D eigenvalue weighted by Gasteiger charge is -2.09. The highest BCUT2D eigenvalue weighted by molar-refractivity contribution is 9.10. The van der Waals surface area contributed by atoms with Crippen LogP contribution >= 0.6 is 15.9 Å². The predicted molar refractivity (Wildman–Crippen MR) is 79.0 cm³/mol. The highest BCUT2D eigenvalue weighted by Crippen LogP contribution is 2.16. The van der Waals surface area contributed by atoms with Crippen LogP contribution in [-0.2, 0) is 17.7 Å². The van der Waals surface area contributed by atoms with E-state index in [1.165, 1.54) is 4.68 Å². The number of hydrogen-bond donors (Lipinski definition) is 1. The molecule has 0 aliphatic rings. The molecule has 0 saturated carbocycles. The van der Waals surface area contributed by atoms with Crippen LogP contribution in [0.15, 0.2) is 38.3 Å². The average molecular weight is 342 g/mol. The lowest BCUT2D eigenvalue weighted by molar-refractivity contribution is 0.181. The molecular weight excluding hydrogens is 326 g/mol. The molecule has 7 heteroatoms. The van der Waals surface area contributed by atoms with E-state index in [-0.39, 0.29) is 5.56 Å². The molecular formula is C13H16BrN3O3. The van der Waals surface area contributed by atoms with Gasteiger partial charge in [-0.25, -0.2) is 4.68 Å². The summed E-state index contributed by atoms with van der Waals surface area (Å²) < 4.78 is 12.0. The van der Waals surface area contributed by atoms with Crippen LogP contribution in [0.3, 0.4) is 0 Å². The maximum absolute atomic E-state index is 12.0. The quantitative estimate of drug-likeness (QED) is 0.832. The highest BCUT2D eigenvalue weighted by atomic mass is 79.9. The fourth-order valence-electron chi connectivity index (χ4n) is 1.70. The van der Waals surface area contributed by atoms with Crippen molar-refractivity contribution in [2.45, 2.75) is 13.0 Å². The summed E-state index contributed by atoms with van der Waals surface area (Å²) in [5.74, 6) is 0.898. The molecule has 0 spiro atoms. The number of halogens is 1. The van der Waals surface area contributed by atoms with Crippen molar-refractivity contribution in [3.8, 4) is 0 Å². The molecule has 0 fully saturated rings. The second kappa shape index (κ2) is 7.25. The van der Waals surface area contributed by atoms with Gasteiger partial charge in [0.15, 0.2) is 0 Å². The highest BCUT2D eigenvalue weighted by Gasteiger charge is 2.08. The van der Waals surface area contributed by atoms with Gasteiger partial charge in [-0.3, -0.25) is 4.79 Å². The molecule has 0 saturated heterocycles. The van der Waals surface area contributed by atoms with E-state index < -0.39 is 0 Å². The Morgan fingerprint density at radius 2 is 2.40 bits per heavy atom. The van der Waals surface area contributed by atoms with Crippen LogP contribution in [0.4, 0.5) is 5.69 Å². The van der Waals surface area contributed by atoms with Crippen molar-refractivity contribution in [1.82, 2.24) is 9.78 Å². The Hall–Kier alpha value is -1.60. The van der Waals surface area contributed by atoms with E-state index in [9.17, 15) is 4.79 Å². The van der Waals surface area contributed by atoms with Gasteiger partial charge >= 0.3 is 0 Å². The van der Waals surface area contributed by atoms with Gasteiger partial charge in [0.2, 0.25) is 0 Å². The minimum Gasteiger partial charge on any atom is -0.469 e. The molecule has 108 valence electrons. The molecule has 0 aromatic carbocycles. The van der Waals surface area contributed by atoms with Gasteiger partial charge in [-0.15, -0.1) is 0 Å². The summed E-state index contributed by atoms with van der Waals surface area (Å²) in [5.41, 5.74) is 0.500. The van der Waals surface area contributed by atoms with Crippen LogP contribution in [0.25, 0.3) is 0 Å². The zero-order valence-corrected chi connectivity index (χ0v) is 12.7. The van der Waals surface area contributed by atoms with Crippen molar-refractivity contribution in [1.29, 1.82) is 0 Å². The van der Waals surface area contributed by atoms with Crippen molar-refractivity contribution < 1.29 is 9.15 Å². The SMILES string of the molecule is COCCn1ncc(NCCc2ccco2)c(Br)c1=O. The van der Waals surface area contributed by atoms with Crippen LogP contribution in [0.5, 0.6) is 0 Å². The number of nitrogens with zero attached hydrogens (tertiary/aromatic N) is 2. The number of anilines is 1. The summed E-state index contributed by atoms with van der Waals surface area (Å²) in [6, 6.07) is 3.77. The third-order valence-electron chi connectivity index (χ3n) is 2.76. The molecule has 0 unspecified atom stereocenters. The topological polar surface area (TPSA) is 69.3 Å². The van der Waals surface area contributed by atoms with Gasteiger partial charge in [-0.1, -0.05) is 0 Å². The van der Waals surface area contributed by atoms with E-state index in [0.29, 0.717) is 29.9 Å². The van der Waals surface area contributed by atoms with Crippen LogP contribution in [-0.4, -0.2) is 30.0 Å². The largest absolute Gasteiger partial charge is 0.469 e. The van der Waals surface area contributed by atoms with Crippen molar-refractivity contribution in [3.05, 3.63) is 45.2 Å². The van der Waals surface area contributed by atoms with Crippen LogP contribution in [0, 0.1) is 0 Å². The van der Waals surface area contributed by atoms with Gasteiger partial charge in [-0.05, 0) is 28.1 Å². The second-order valence-corrected chi connectivity index (χ2v) is 4.94. The normalized spacial score (nSPS) is 10.7. The molecule has 2 aromatic rings. The maximum atomic E-state index is 12.0. The Kier molecular flexibility index (Phi) is 5.37. The fraction of sp³-hybridized carbons (Fsp3) is 0.385. The molecule has 2 aromatic heterocycles. The van der Waals surface area contributed by atoms with Crippen LogP contribution in [0.2, 0.25) is 0 Å². The second-order valence-electron chi connectivity index (χ2n) is 4.15. The Labute approximate surface area is 124 Å². The molecule has 0 aliphatic carbocycles. The lowest BCUT2D eigenvalue weighted by atomic mass is 10.3. The first-order valence-electron chi connectivity index (χ1n) is 6.23. The molecule has 20 heavy (non-hydrogen) atoms. The third-order valence-corrected chi connectivity index (χ3v) is 3.53. The van der Waals surface area contributed by atoms with Crippen molar-refractivity contribution in [2.24, 2.45) is 0 Å². The number of hydrogen-bond acceptors (Lipinski definition) is 5. The number of methoxy groups -OCH3 is 1. The molecule has 0 atom stereocenters. The summed E-state index contributed by atoms with van der Waals surface area (Å²) in [7, 11) is 1.59. The minimum absolute atomic E-state index is 0.176. The monoisotopic (exact) mass is 341 g/mol. The van der Waals surface area contributed by atoms with Gasteiger partial charge in [0.25, 0.3) is 5.56 Å². The Morgan fingerprint density at radius 1 is 1.55 bits per heavy atom. The molecule has 0 bridgehead atoms. The van der Waals surface area contributed by atoms with E-state index in [0.717, 1.165) is 12.2 Å². The molecule has 2 rings (SSSR count). The lowest BCUT2D eigenvalue weighted by Crippen LogP contribution is -2.26. The Balaban J connectivity index is 1.98. The van der Waals surface area contributed by atoms with E-state index in [1.807, 2.05) is 12.1 Å². The van der Waals surface area contributed by atoms with E-state index in [1.54, 1.807) is 19.6 Å². The number of furan rings is 1. The first-order valence-corrected chi connectivity index (χ1v) is 7.02. The zero-order chi connectivity index (χ0) is 14.4. The first-order chi connectivity index (χ1) is 9.72. The molecule has 0 amide bonds. The number of aromatic nitrogens is 2. The Morgan fingerprint density at radius 3 is 3.10 bits per heavy atom. The number of rotatable bonds is 7. The van der Waals surface area contributed by atoms with Gasteiger partial charge in [0, 0.05) is 20.1 Å². The van der Waals surface area contributed by atoms with E-state index in [4.69, 9.17) is 9.15 Å². The Bertz CT molecular complexity index is 595. The maximum Gasteiger partial charge on any atom is 0.283 e. The van der Waals surface area contributed by atoms with E-state index >= 15 is 0 Å². The molecule has 0 radical (unpaired) electrons. The average Bonchev–Trinajstić information content (AvgIpc) is 2.96. The van der Waals surface area contributed by atoms with Crippen LogP contribution < -0.4 is 10.9 Å². The molecule has 6 nitrogen and oxygen atoms in total. The number of nitrogens with one attached hydrogen (secondary N) is 1. The standard InChI is InChI=1S/C13H16BrN3O3/c1-19-8-6-17-13(18)12(14)11(9-16-17)15-5-4-10-3-2-7-20-10/h2-3,7,9,15H,4-6,8H2,1H3. The zero-order valence-electron chi connectivity index (χ0n) is 11.1. The minimum atomic E-state index is -0.176. The summed E-state index contributed by atoms with van der Waals surface area (Å²) in [4.78, 5) is 12.0. The fourth-order valence-corrected chi connectivity index (χ4v) is 2.15. The summed E-state index contributed by atoms with van der Waals surface area (Å²) in [5, 5.41) is 7.26. The van der Waals surface area contributed by atoms with Crippen molar-refractivity contribution >= 4 is 21.6 Å². The molecule has 0 aliphatic heterocycles. The van der Waals surface area contributed by atoms with Gasteiger partial charge in [0.05, 0.1) is 31.3 Å². The summed E-state index contributed by atoms with van der Waals surface area (Å²) in [6.45, 7) is 1.54. The smallest absolute Gasteiger partial charge is 0.283 e. The van der Waals surface area contributed by atoms with Gasteiger partial charge < -0.3 is 14.5 Å².